The van der Waals surface area contributed by atoms with E-state index in [0.29, 0.717) is 13.1 Å². The van der Waals surface area contributed by atoms with E-state index in [1.807, 2.05) is 6.92 Å². The lowest BCUT2D eigenvalue weighted by molar-refractivity contribution is -0.125. The van der Waals surface area contributed by atoms with Gasteiger partial charge in [-0.1, -0.05) is 42.5 Å². The lowest BCUT2D eigenvalue weighted by Gasteiger charge is -2.31. The highest BCUT2D eigenvalue weighted by Gasteiger charge is 2.28. The highest BCUT2D eigenvalue weighted by Crippen LogP contribution is 2.34. The monoisotopic (exact) mass is 477 g/mol. The van der Waals surface area contributed by atoms with Crippen LogP contribution in [0.25, 0.3) is 16.0 Å². The number of nitrogens with zero attached hydrogens (tertiary/aromatic N) is 4. The van der Waals surface area contributed by atoms with E-state index in [9.17, 15) is 9.18 Å². The molecule has 1 aliphatic rings. The molecule has 176 valence electrons. The molecule has 0 bridgehead atoms. The van der Waals surface area contributed by atoms with Gasteiger partial charge in [-0.2, -0.15) is 10.1 Å². The SMILES string of the molecule is CCc1ccc(CNC(=O)C2CCCN(c3nc4c(s3)c(C)nn4-c3ccc(F)cc3)C2)cc1. The molecule has 2 aromatic carbocycles. The molecule has 1 aliphatic heterocycles. The molecule has 1 saturated heterocycles. The number of thiazole rings is 1. The summed E-state index contributed by atoms with van der Waals surface area (Å²) in [7, 11) is 0. The number of hydrogen-bond donors (Lipinski definition) is 1. The molecule has 0 spiro atoms. The van der Waals surface area contributed by atoms with Crippen molar-refractivity contribution in [2.45, 2.75) is 39.7 Å². The van der Waals surface area contributed by atoms with E-state index in [1.165, 1.54) is 17.7 Å². The van der Waals surface area contributed by atoms with E-state index in [1.54, 1.807) is 28.2 Å². The minimum atomic E-state index is -0.279. The zero-order valence-electron chi connectivity index (χ0n) is 19.4. The smallest absolute Gasteiger partial charge is 0.225 e. The number of fused-ring (bicyclic) bond motifs is 1. The van der Waals surface area contributed by atoms with Crippen LogP contribution in [0.15, 0.2) is 48.5 Å². The lowest BCUT2D eigenvalue weighted by atomic mass is 9.97. The predicted molar refractivity (Wildman–Crippen MR) is 134 cm³/mol. The van der Waals surface area contributed by atoms with Gasteiger partial charge in [0.2, 0.25) is 5.91 Å². The fourth-order valence-corrected chi connectivity index (χ4v) is 5.43. The standard InChI is InChI=1S/C26H28FN5OS/c1-3-18-6-8-19(9-7-18)15-28-25(33)20-5-4-14-31(16-20)26-29-24-23(34-26)17(2)30-32(24)22-12-10-21(27)11-13-22/h6-13,20H,3-5,14-16H2,1-2H3,(H,28,33). The van der Waals surface area contributed by atoms with E-state index in [4.69, 9.17) is 4.98 Å². The summed E-state index contributed by atoms with van der Waals surface area (Å²) < 4.78 is 16.2. The Labute approximate surface area is 202 Å². The quantitative estimate of drug-likeness (QED) is 0.423. The van der Waals surface area contributed by atoms with Crippen LogP contribution in [0.5, 0.6) is 0 Å². The number of aryl methyl sites for hydroxylation is 2. The van der Waals surface area contributed by atoms with Crippen molar-refractivity contribution in [1.29, 1.82) is 0 Å². The number of carbonyl (C=O) groups is 1. The molecule has 6 nitrogen and oxygen atoms in total. The molecule has 1 atom stereocenters. The first-order chi connectivity index (χ1) is 16.5. The van der Waals surface area contributed by atoms with E-state index in [-0.39, 0.29) is 17.6 Å². The fraction of sp³-hybridized carbons (Fsp3) is 0.346. The predicted octanol–water partition coefficient (Wildman–Crippen LogP) is 5.02. The van der Waals surface area contributed by atoms with Gasteiger partial charge in [0.25, 0.3) is 0 Å². The second-order valence-corrected chi connectivity index (χ2v) is 9.77. The molecule has 1 fully saturated rings. The number of rotatable bonds is 6. The number of anilines is 1. The van der Waals surface area contributed by atoms with Crippen molar-refractivity contribution in [2.75, 3.05) is 18.0 Å². The Morgan fingerprint density at radius 2 is 1.88 bits per heavy atom. The Morgan fingerprint density at radius 3 is 2.62 bits per heavy atom. The molecule has 1 N–H and O–H groups in total. The van der Waals surface area contributed by atoms with Gasteiger partial charge >= 0.3 is 0 Å². The van der Waals surface area contributed by atoms with Gasteiger partial charge in [-0.05, 0) is 61.6 Å². The van der Waals surface area contributed by atoms with Crippen LogP contribution in [-0.2, 0) is 17.8 Å². The van der Waals surface area contributed by atoms with Crippen molar-refractivity contribution in [3.05, 3.63) is 71.2 Å². The van der Waals surface area contributed by atoms with Crippen molar-refractivity contribution in [1.82, 2.24) is 20.1 Å². The van der Waals surface area contributed by atoms with Crippen molar-refractivity contribution >= 4 is 32.7 Å². The van der Waals surface area contributed by atoms with Crippen LogP contribution in [0.4, 0.5) is 9.52 Å². The summed E-state index contributed by atoms with van der Waals surface area (Å²) >= 11 is 1.60. The number of carbonyl (C=O) groups excluding carboxylic acids is 1. The highest BCUT2D eigenvalue weighted by molar-refractivity contribution is 7.22. The number of amides is 1. The maximum Gasteiger partial charge on any atom is 0.225 e. The van der Waals surface area contributed by atoms with Gasteiger partial charge < -0.3 is 10.2 Å². The average molecular weight is 478 g/mol. The third kappa shape index (κ3) is 4.55. The fourth-order valence-electron chi connectivity index (χ4n) is 4.41. The molecule has 8 heteroatoms. The molecule has 0 saturated carbocycles. The maximum atomic E-state index is 13.4. The Balaban J connectivity index is 1.29. The minimum Gasteiger partial charge on any atom is -0.352 e. The van der Waals surface area contributed by atoms with E-state index in [2.05, 4.69) is 46.5 Å². The molecule has 2 aromatic heterocycles. The minimum absolute atomic E-state index is 0.0645. The number of benzene rings is 2. The molecule has 3 heterocycles. The average Bonchev–Trinajstić information content (AvgIpc) is 3.44. The molecule has 5 rings (SSSR count). The Kier molecular flexibility index (Phi) is 6.32. The summed E-state index contributed by atoms with van der Waals surface area (Å²) in [5.74, 6) is -0.247. The van der Waals surface area contributed by atoms with E-state index >= 15 is 0 Å². The van der Waals surface area contributed by atoms with Crippen molar-refractivity contribution in [2.24, 2.45) is 5.92 Å². The van der Waals surface area contributed by atoms with Crippen LogP contribution < -0.4 is 10.2 Å². The van der Waals surface area contributed by atoms with Crippen molar-refractivity contribution in [3.8, 4) is 5.69 Å². The van der Waals surface area contributed by atoms with Gasteiger partial charge in [0.1, 0.15) is 5.82 Å². The number of nitrogens with one attached hydrogen (secondary N) is 1. The highest BCUT2D eigenvalue weighted by atomic mass is 32.1. The number of aromatic nitrogens is 3. The molecule has 0 aliphatic carbocycles. The summed E-state index contributed by atoms with van der Waals surface area (Å²) in [6.07, 6.45) is 2.84. The molecule has 34 heavy (non-hydrogen) atoms. The molecule has 4 aromatic rings. The summed E-state index contributed by atoms with van der Waals surface area (Å²) in [4.78, 5) is 20.0. The number of piperidine rings is 1. The van der Waals surface area contributed by atoms with Crippen LogP contribution in [0, 0.1) is 18.7 Å². The van der Waals surface area contributed by atoms with Gasteiger partial charge in [0.15, 0.2) is 10.8 Å². The summed E-state index contributed by atoms with van der Waals surface area (Å²) in [5.41, 5.74) is 4.85. The third-order valence-corrected chi connectivity index (χ3v) is 7.62. The topological polar surface area (TPSA) is 63.1 Å². The van der Waals surface area contributed by atoms with Crippen LogP contribution in [0.3, 0.4) is 0 Å². The van der Waals surface area contributed by atoms with E-state index in [0.717, 1.165) is 58.2 Å². The van der Waals surface area contributed by atoms with Gasteiger partial charge in [-0.3, -0.25) is 4.79 Å². The first-order valence-corrected chi connectivity index (χ1v) is 12.6. The second-order valence-electron chi connectivity index (χ2n) is 8.80. The van der Waals surface area contributed by atoms with Crippen LogP contribution in [0.2, 0.25) is 0 Å². The Bertz CT molecular complexity index is 1300. The lowest BCUT2D eigenvalue weighted by Crippen LogP contribution is -2.43. The summed E-state index contributed by atoms with van der Waals surface area (Å²) in [6.45, 7) is 6.18. The zero-order chi connectivity index (χ0) is 23.7. The molecule has 0 radical (unpaired) electrons. The molecule has 1 unspecified atom stereocenters. The Morgan fingerprint density at radius 1 is 1.15 bits per heavy atom. The Hall–Kier alpha value is -3.26. The van der Waals surface area contributed by atoms with Crippen molar-refractivity contribution in [3.63, 3.8) is 0 Å². The maximum absolute atomic E-state index is 13.4. The van der Waals surface area contributed by atoms with Crippen LogP contribution in [-0.4, -0.2) is 33.8 Å². The third-order valence-electron chi connectivity index (χ3n) is 6.41. The number of hydrogen-bond acceptors (Lipinski definition) is 5. The van der Waals surface area contributed by atoms with Crippen LogP contribution in [0.1, 0.15) is 36.6 Å². The summed E-state index contributed by atoms with van der Waals surface area (Å²) in [6, 6.07) is 14.7. The molecule has 1 amide bonds. The zero-order valence-corrected chi connectivity index (χ0v) is 20.2. The molecular weight excluding hydrogens is 449 g/mol. The first-order valence-electron chi connectivity index (χ1n) is 11.7. The first kappa shape index (κ1) is 22.5. The van der Waals surface area contributed by atoms with Gasteiger partial charge in [-0.25, -0.2) is 9.07 Å². The van der Waals surface area contributed by atoms with Gasteiger partial charge in [0, 0.05) is 19.6 Å². The largest absolute Gasteiger partial charge is 0.352 e. The normalized spacial score (nSPS) is 16.2. The van der Waals surface area contributed by atoms with Gasteiger partial charge in [0.05, 0.1) is 22.0 Å². The van der Waals surface area contributed by atoms with E-state index < -0.39 is 0 Å². The number of halogens is 1. The van der Waals surface area contributed by atoms with Gasteiger partial charge in [-0.15, -0.1) is 0 Å². The molecular formula is C26H28FN5OS. The van der Waals surface area contributed by atoms with Crippen molar-refractivity contribution < 1.29 is 9.18 Å². The summed E-state index contributed by atoms with van der Waals surface area (Å²) in [5, 5.41) is 8.62. The second kappa shape index (κ2) is 9.54. The van der Waals surface area contributed by atoms with Crippen LogP contribution >= 0.6 is 11.3 Å².